The minimum absolute atomic E-state index is 0.106. The van der Waals surface area contributed by atoms with E-state index in [2.05, 4.69) is 0 Å². The quantitative estimate of drug-likeness (QED) is 0.886. The first-order valence-corrected chi connectivity index (χ1v) is 5.74. The van der Waals surface area contributed by atoms with E-state index in [1.165, 1.54) is 6.07 Å². The highest BCUT2D eigenvalue weighted by atomic mass is 35.5. The normalized spacial score (nSPS) is 18.0. The van der Waals surface area contributed by atoms with Gasteiger partial charge in [-0.05, 0) is 18.9 Å². The van der Waals surface area contributed by atoms with E-state index in [4.69, 9.17) is 22.1 Å². The molecule has 0 heterocycles. The van der Waals surface area contributed by atoms with Crippen LogP contribution in [0.4, 0.5) is 4.39 Å². The summed E-state index contributed by atoms with van der Waals surface area (Å²) >= 11 is 5.85. The van der Waals surface area contributed by atoms with Crippen LogP contribution in [0, 0.1) is 5.82 Å². The molecular weight excluding hydrogens is 229 g/mol. The molecule has 0 radical (unpaired) electrons. The van der Waals surface area contributed by atoms with E-state index in [9.17, 15) is 4.39 Å². The van der Waals surface area contributed by atoms with E-state index in [-0.39, 0.29) is 16.3 Å². The second-order valence-corrected chi connectivity index (χ2v) is 4.72. The molecule has 1 saturated carbocycles. The minimum atomic E-state index is -0.354. The largest absolute Gasteiger partial charge is 0.497 e. The third kappa shape index (κ3) is 1.68. The third-order valence-electron chi connectivity index (χ3n) is 3.51. The number of nitrogens with two attached hydrogens (primary N) is 1. The van der Waals surface area contributed by atoms with Gasteiger partial charge in [0.1, 0.15) is 11.6 Å². The van der Waals surface area contributed by atoms with Crippen molar-refractivity contribution in [1.82, 2.24) is 0 Å². The lowest BCUT2D eigenvalue weighted by Crippen LogP contribution is -2.42. The number of hydrogen-bond donors (Lipinski definition) is 1. The molecule has 0 atom stereocenters. The van der Waals surface area contributed by atoms with Gasteiger partial charge in [-0.3, -0.25) is 0 Å². The van der Waals surface area contributed by atoms with Crippen LogP contribution < -0.4 is 10.5 Å². The van der Waals surface area contributed by atoms with Crippen molar-refractivity contribution in [2.75, 3.05) is 13.7 Å². The van der Waals surface area contributed by atoms with Crippen molar-refractivity contribution in [3.05, 3.63) is 28.5 Å². The molecule has 88 valence electrons. The van der Waals surface area contributed by atoms with Crippen molar-refractivity contribution in [2.24, 2.45) is 5.73 Å². The smallest absolute Gasteiger partial charge is 0.145 e. The Balaban J connectivity index is 2.50. The highest BCUT2D eigenvalue weighted by molar-refractivity contribution is 6.31. The Labute approximate surface area is 99.5 Å². The summed E-state index contributed by atoms with van der Waals surface area (Å²) < 4.78 is 19.1. The maximum Gasteiger partial charge on any atom is 0.145 e. The van der Waals surface area contributed by atoms with Crippen LogP contribution in [-0.2, 0) is 5.41 Å². The van der Waals surface area contributed by atoms with Crippen LogP contribution in [0.25, 0.3) is 0 Å². The maximum absolute atomic E-state index is 14.0. The summed E-state index contributed by atoms with van der Waals surface area (Å²) in [5.41, 5.74) is 6.13. The van der Waals surface area contributed by atoms with E-state index < -0.39 is 0 Å². The molecule has 2 rings (SSSR count). The van der Waals surface area contributed by atoms with Crippen LogP contribution in [0.15, 0.2) is 12.1 Å². The summed E-state index contributed by atoms with van der Waals surface area (Å²) in [5, 5.41) is 0.106. The van der Waals surface area contributed by atoms with E-state index in [1.54, 1.807) is 13.2 Å². The van der Waals surface area contributed by atoms with Gasteiger partial charge in [0.25, 0.3) is 0 Å². The Kier molecular flexibility index (Phi) is 3.08. The van der Waals surface area contributed by atoms with E-state index in [0.29, 0.717) is 17.9 Å². The molecule has 0 unspecified atom stereocenters. The van der Waals surface area contributed by atoms with Gasteiger partial charge < -0.3 is 10.5 Å². The molecule has 4 heteroatoms. The average Bonchev–Trinajstić information content (AvgIpc) is 2.23. The molecule has 2 N–H and O–H groups in total. The van der Waals surface area contributed by atoms with Crippen molar-refractivity contribution < 1.29 is 9.13 Å². The molecule has 0 aliphatic heterocycles. The molecule has 0 spiro atoms. The molecule has 1 aromatic rings. The van der Waals surface area contributed by atoms with E-state index >= 15 is 0 Å². The van der Waals surface area contributed by atoms with Crippen LogP contribution in [0.1, 0.15) is 24.8 Å². The Morgan fingerprint density at radius 1 is 1.50 bits per heavy atom. The topological polar surface area (TPSA) is 35.2 Å². The van der Waals surface area contributed by atoms with Crippen molar-refractivity contribution in [3.63, 3.8) is 0 Å². The fraction of sp³-hybridized carbons (Fsp3) is 0.500. The van der Waals surface area contributed by atoms with E-state index in [0.717, 1.165) is 19.3 Å². The molecule has 1 aliphatic carbocycles. The summed E-state index contributed by atoms with van der Waals surface area (Å²) in [6.07, 6.45) is 2.93. The lowest BCUT2D eigenvalue weighted by molar-refractivity contribution is 0.243. The fourth-order valence-corrected chi connectivity index (χ4v) is 2.46. The van der Waals surface area contributed by atoms with Gasteiger partial charge in [0.05, 0.1) is 12.1 Å². The van der Waals surface area contributed by atoms with Gasteiger partial charge in [0.2, 0.25) is 0 Å². The molecule has 0 amide bonds. The monoisotopic (exact) mass is 243 g/mol. The molecule has 0 aromatic heterocycles. The standard InChI is InChI=1S/C12H15ClFNO/c1-16-8-5-9(11(14)10(13)6-8)12(7-15)3-2-4-12/h5-6H,2-4,7,15H2,1H3. The first kappa shape index (κ1) is 11.7. The summed E-state index contributed by atoms with van der Waals surface area (Å²) in [4.78, 5) is 0. The molecule has 1 aliphatic rings. The molecule has 0 bridgehead atoms. The van der Waals surface area contributed by atoms with Crippen LogP contribution in [0.5, 0.6) is 5.75 Å². The van der Waals surface area contributed by atoms with Gasteiger partial charge >= 0.3 is 0 Å². The summed E-state index contributed by atoms with van der Waals surface area (Å²) in [7, 11) is 1.54. The zero-order chi connectivity index (χ0) is 11.8. The Morgan fingerprint density at radius 3 is 2.62 bits per heavy atom. The fourth-order valence-electron chi connectivity index (χ4n) is 2.25. The predicted molar refractivity (Wildman–Crippen MR) is 62.5 cm³/mol. The van der Waals surface area contributed by atoms with Crippen LogP contribution in [0.3, 0.4) is 0 Å². The van der Waals surface area contributed by atoms with Crippen molar-refractivity contribution in [2.45, 2.75) is 24.7 Å². The molecule has 0 saturated heterocycles. The lowest BCUT2D eigenvalue weighted by atomic mass is 9.64. The highest BCUT2D eigenvalue weighted by Gasteiger charge is 2.40. The van der Waals surface area contributed by atoms with Gasteiger partial charge in [-0.1, -0.05) is 18.0 Å². The lowest BCUT2D eigenvalue weighted by Gasteiger charge is -2.41. The van der Waals surface area contributed by atoms with E-state index in [1.807, 2.05) is 0 Å². The number of halogens is 2. The Morgan fingerprint density at radius 2 is 2.19 bits per heavy atom. The Hall–Kier alpha value is -0.800. The van der Waals surface area contributed by atoms with Gasteiger partial charge in [0.15, 0.2) is 0 Å². The molecule has 16 heavy (non-hydrogen) atoms. The van der Waals surface area contributed by atoms with Gasteiger partial charge in [-0.2, -0.15) is 0 Å². The molecular formula is C12H15ClFNO. The summed E-state index contributed by atoms with van der Waals surface area (Å²) in [6, 6.07) is 3.20. The van der Waals surface area contributed by atoms with Crippen molar-refractivity contribution in [3.8, 4) is 5.75 Å². The number of hydrogen-bond acceptors (Lipinski definition) is 2. The second-order valence-electron chi connectivity index (χ2n) is 4.31. The molecule has 2 nitrogen and oxygen atoms in total. The Bertz CT molecular complexity index is 399. The van der Waals surface area contributed by atoms with Crippen molar-refractivity contribution >= 4 is 11.6 Å². The first-order valence-electron chi connectivity index (χ1n) is 5.36. The second kappa shape index (κ2) is 4.22. The van der Waals surface area contributed by atoms with Gasteiger partial charge in [0, 0.05) is 23.6 Å². The number of rotatable bonds is 3. The SMILES string of the molecule is COc1cc(Cl)c(F)c(C2(CN)CCC2)c1. The number of methoxy groups -OCH3 is 1. The number of benzene rings is 1. The maximum atomic E-state index is 14.0. The average molecular weight is 244 g/mol. The first-order chi connectivity index (χ1) is 7.63. The van der Waals surface area contributed by atoms with Gasteiger partial charge in [-0.15, -0.1) is 0 Å². The van der Waals surface area contributed by atoms with Crippen LogP contribution in [0.2, 0.25) is 5.02 Å². The molecule has 1 fully saturated rings. The van der Waals surface area contributed by atoms with Crippen molar-refractivity contribution in [1.29, 1.82) is 0 Å². The third-order valence-corrected chi connectivity index (χ3v) is 3.79. The summed E-state index contributed by atoms with van der Waals surface area (Å²) in [6.45, 7) is 0.452. The minimum Gasteiger partial charge on any atom is -0.497 e. The number of ether oxygens (including phenoxy) is 1. The predicted octanol–water partition coefficient (Wildman–Crippen LogP) is 2.87. The van der Waals surface area contributed by atoms with Gasteiger partial charge in [-0.25, -0.2) is 4.39 Å². The zero-order valence-corrected chi connectivity index (χ0v) is 9.98. The summed E-state index contributed by atoms with van der Waals surface area (Å²) in [5.74, 6) is 0.230. The molecule has 1 aromatic carbocycles. The van der Waals surface area contributed by atoms with Crippen LogP contribution in [-0.4, -0.2) is 13.7 Å². The zero-order valence-electron chi connectivity index (χ0n) is 9.22. The highest BCUT2D eigenvalue weighted by Crippen LogP contribution is 2.45. The van der Waals surface area contributed by atoms with Crippen LogP contribution >= 0.6 is 11.6 Å².